The largest absolute Gasteiger partial charge is 0.492 e. The Hall–Kier alpha value is -2.41. The first kappa shape index (κ1) is 20.3. The molecule has 0 saturated carbocycles. The topological polar surface area (TPSA) is 68.6 Å². The number of carbonyl (C=O) groups excluding carboxylic acids is 1. The smallest absolute Gasteiger partial charge is 0.287 e. The Morgan fingerprint density at radius 1 is 1.14 bits per heavy atom. The highest BCUT2D eigenvalue weighted by Crippen LogP contribution is 2.24. The molecule has 1 amide bonds. The molecule has 0 unspecified atom stereocenters. The summed E-state index contributed by atoms with van der Waals surface area (Å²) in [6, 6.07) is 17.2. The number of nitrogens with one attached hydrogen (secondary N) is 2. The summed E-state index contributed by atoms with van der Waals surface area (Å²) in [5.41, 5.74) is 1.72. The number of carbonyl (C=O) groups is 1. The zero-order valence-electron chi connectivity index (χ0n) is 16.5. The zero-order chi connectivity index (χ0) is 19.6. The molecule has 1 aliphatic heterocycles. The molecule has 1 atom stereocenters. The maximum absolute atomic E-state index is 13.1. The first-order valence-corrected chi connectivity index (χ1v) is 10.1. The highest BCUT2D eigenvalue weighted by molar-refractivity contribution is 5.95. The normalized spacial score (nSPS) is 15.8. The van der Waals surface area contributed by atoms with E-state index in [2.05, 4.69) is 10.6 Å². The lowest BCUT2D eigenvalue weighted by Gasteiger charge is -2.24. The van der Waals surface area contributed by atoms with Crippen LogP contribution < -0.4 is 20.3 Å². The van der Waals surface area contributed by atoms with Crippen molar-refractivity contribution in [3.63, 3.8) is 0 Å². The van der Waals surface area contributed by atoms with Gasteiger partial charge < -0.3 is 25.0 Å². The number of nitrogens with two attached hydrogens (primary N) is 1. The second kappa shape index (κ2) is 10.8. The van der Waals surface area contributed by atoms with Gasteiger partial charge >= 0.3 is 0 Å². The van der Waals surface area contributed by atoms with Crippen molar-refractivity contribution < 1.29 is 24.5 Å². The predicted molar refractivity (Wildman–Crippen MR) is 109 cm³/mol. The summed E-state index contributed by atoms with van der Waals surface area (Å²) in [6.45, 7) is 8.13. The molecule has 0 radical (unpaired) electrons. The van der Waals surface area contributed by atoms with Crippen molar-refractivity contribution in [2.75, 3.05) is 51.3 Å². The maximum Gasteiger partial charge on any atom is 0.287 e. The molecule has 2 aromatic carbocycles. The summed E-state index contributed by atoms with van der Waals surface area (Å²) >= 11 is 0. The lowest BCUT2D eigenvalue weighted by molar-refractivity contribution is -0.921. The SMILES string of the molecule is CCOc1ccccc1NC(=O)[C@@H]([NH2+]CC[NH+]1CCOCC1)c1ccccc1. The van der Waals surface area contributed by atoms with E-state index in [1.54, 1.807) is 0 Å². The highest BCUT2D eigenvalue weighted by atomic mass is 16.5. The lowest BCUT2D eigenvalue weighted by atomic mass is 10.1. The lowest BCUT2D eigenvalue weighted by Crippen LogP contribution is -3.16. The monoisotopic (exact) mass is 385 g/mol. The number of quaternary nitrogens is 2. The fourth-order valence-corrected chi connectivity index (χ4v) is 3.48. The van der Waals surface area contributed by atoms with E-state index in [9.17, 15) is 4.79 Å². The van der Waals surface area contributed by atoms with Gasteiger partial charge in [0.05, 0.1) is 25.5 Å². The quantitative estimate of drug-likeness (QED) is 0.579. The van der Waals surface area contributed by atoms with Crippen molar-refractivity contribution in [2.45, 2.75) is 13.0 Å². The molecule has 1 heterocycles. The second-order valence-electron chi connectivity index (χ2n) is 6.94. The Morgan fingerprint density at radius 3 is 2.61 bits per heavy atom. The van der Waals surface area contributed by atoms with Crippen LogP contribution in [-0.2, 0) is 9.53 Å². The van der Waals surface area contributed by atoms with Crippen LogP contribution in [0.2, 0.25) is 0 Å². The van der Waals surface area contributed by atoms with Crippen LogP contribution in [0.3, 0.4) is 0 Å². The van der Waals surface area contributed by atoms with Crippen LogP contribution >= 0.6 is 0 Å². The van der Waals surface area contributed by atoms with Gasteiger partial charge in [0.1, 0.15) is 31.9 Å². The predicted octanol–water partition coefficient (Wildman–Crippen LogP) is 0.244. The minimum absolute atomic E-state index is 0.0321. The molecule has 0 aliphatic carbocycles. The van der Waals surface area contributed by atoms with Gasteiger partial charge in [0.25, 0.3) is 5.91 Å². The number of ether oxygens (including phenoxy) is 2. The van der Waals surface area contributed by atoms with Crippen LogP contribution in [0.15, 0.2) is 54.6 Å². The maximum atomic E-state index is 13.1. The van der Waals surface area contributed by atoms with Gasteiger partial charge in [0.15, 0.2) is 6.04 Å². The van der Waals surface area contributed by atoms with E-state index in [0.717, 1.165) is 45.0 Å². The standard InChI is InChI=1S/C22H29N3O3/c1-2-28-20-11-7-6-10-19(20)24-22(26)21(18-8-4-3-5-9-18)23-12-13-25-14-16-27-17-15-25/h3-11,21,23H,2,12-17H2,1H3,(H,24,26)/p+2/t21-/m0/s1. The molecule has 6 nitrogen and oxygen atoms in total. The first-order chi connectivity index (χ1) is 13.8. The van der Waals surface area contributed by atoms with E-state index in [1.165, 1.54) is 4.90 Å². The number of morpholine rings is 1. The molecule has 3 rings (SSSR count). The van der Waals surface area contributed by atoms with Crippen LogP contribution in [-0.4, -0.2) is 51.9 Å². The third kappa shape index (κ3) is 5.79. The molecule has 2 aromatic rings. The Labute approximate surface area is 166 Å². The molecule has 0 bridgehead atoms. The molecule has 1 saturated heterocycles. The van der Waals surface area contributed by atoms with Gasteiger partial charge in [-0.05, 0) is 19.1 Å². The number of anilines is 1. The summed E-state index contributed by atoms with van der Waals surface area (Å²) in [7, 11) is 0. The number of hydrogen-bond donors (Lipinski definition) is 3. The summed E-state index contributed by atoms with van der Waals surface area (Å²) in [6.07, 6.45) is 0. The van der Waals surface area contributed by atoms with E-state index < -0.39 is 0 Å². The fourth-order valence-electron chi connectivity index (χ4n) is 3.48. The summed E-state index contributed by atoms with van der Waals surface area (Å²) in [5, 5.41) is 5.20. The number of para-hydroxylation sites is 2. The summed E-state index contributed by atoms with van der Waals surface area (Å²) < 4.78 is 11.1. The van der Waals surface area contributed by atoms with Crippen LogP contribution in [0.5, 0.6) is 5.75 Å². The fraction of sp³-hybridized carbons (Fsp3) is 0.409. The second-order valence-corrected chi connectivity index (χ2v) is 6.94. The van der Waals surface area contributed by atoms with Gasteiger partial charge in [-0.25, -0.2) is 0 Å². The molecular formula is C22H31N3O3+2. The van der Waals surface area contributed by atoms with Crippen molar-refractivity contribution in [3.8, 4) is 5.75 Å². The molecule has 1 aliphatic rings. The number of benzene rings is 2. The molecule has 0 spiro atoms. The van der Waals surface area contributed by atoms with E-state index >= 15 is 0 Å². The zero-order valence-corrected chi connectivity index (χ0v) is 16.5. The Morgan fingerprint density at radius 2 is 1.86 bits per heavy atom. The van der Waals surface area contributed by atoms with Crippen LogP contribution in [0.25, 0.3) is 0 Å². The summed E-state index contributed by atoms with van der Waals surface area (Å²) in [4.78, 5) is 14.7. The van der Waals surface area contributed by atoms with Crippen molar-refractivity contribution in [3.05, 3.63) is 60.2 Å². The molecule has 0 aromatic heterocycles. The summed E-state index contributed by atoms with van der Waals surface area (Å²) in [5.74, 6) is 0.665. The van der Waals surface area contributed by atoms with Crippen LogP contribution in [0.1, 0.15) is 18.5 Å². The minimum Gasteiger partial charge on any atom is -0.492 e. The van der Waals surface area contributed by atoms with Crippen molar-refractivity contribution in [1.29, 1.82) is 0 Å². The van der Waals surface area contributed by atoms with Gasteiger partial charge in [-0.3, -0.25) is 4.79 Å². The van der Waals surface area contributed by atoms with E-state index in [0.29, 0.717) is 18.0 Å². The van der Waals surface area contributed by atoms with Gasteiger partial charge in [-0.15, -0.1) is 0 Å². The number of rotatable bonds is 9. The van der Waals surface area contributed by atoms with E-state index in [4.69, 9.17) is 9.47 Å². The molecule has 150 valence electrons. The van der Waals surface area contributed by atoms with Crippen molar-refractivity contribution >= 4 is 11.6 Å². The van der Waals surface area contributed by atoms with Gasteiger partial charge in [0, 0.05) is 5.56 Å². The number of amides is 1. The highest BCUT2D eigenvalue weighted by Gasteiger charge is 2.25. The molecular weight excluding hydrogens is 354 g/mol. The van der Waals surface area contributed by atoms with E-state index in [1.807, 2.05) is 61.5 Å². The first-order valence-electron chi connectivity index (χ1n) is 10.1. The van der Waals surface area contributed by atoms with Crippen molar-refractivity contribution in [1.82, 2.24) is 0 Å². The van der Waals surface area contributed by atoms with Gasteiger partial charge in [-0.2, -0.15) is 0 Å². The average molecular weight is 386 g/mol. The van der Waals surface area contributed by atoms with Gasteiger partial charge in [0.2, 0.25) is 0 Å². The molecule has 6 heteroatoms. The Balaban J connectivity index is 1.67. The minimum atomic E-state index is -0.295. The third-order valence-corrected chi connectivity index (χ3v) is 4.99. The Kier molecular flexibility index (Phi) is 7.84. The van der Waals surface area contributed by atoms with Crippen molar-refractivity contribution in [2.24, 2.45) is 0 Å². The van der Waals surface area contributed by atoms with E-state index in [-0.39, 0.29) is 11.9 Å². The van der Waals surface area contributed by atoms with Crippen LogP contribution in [0.4, 0.5) is 5.69 Å². The Bertz CT molecular complexity index is 733. The number of hydrogen-bond acceptors (Lipinski definition) is 3. The average Bonchev–Trinajstić information content (AvgIpc) is 2.74. The van der Waals surface area contributed by atoms with Gasteiger partial charge in [-0.1, -0.05) is 42.5 Å². The molecule has 4 N–H and O–H groups in total. The molecule has 28 heavy (non-hydrogen) atoms. The van der Waals surface area contributed by atoms with Crippen LogP contribution in [0, 0.1) is 0 Å². The third-order valence-electron chi connectivity index (χ3n) is 4.99. The molecule has 1 fully saturated rings.